The van der Waals surface area contributed by atoms with Crippen LogP contribution in [0, 0.1) is 0 Å². The summed E-state index contributed by atoms with van der Waals surface area (Å²) in [6.45, 7) is 0.132. The van der Waals surface area contributed by atoms with Gasteiger partial charge in [0, 0.05) is 12.1 Å². The van der Waals surface area contributed by atoms with Crippen molar-refractivity contribution in [1.82, 2.24) is 10.2 Å². The summed E-state index contributed by atoms with van der Waals surface area (Å²) in [5.41, 5.74) is -1.19. The van der Waals surface area contributed by atoms with Gasteiger partial charge in [-0.25, -0.2) is 4.79 Å². The van der Waals surface area contributed by atoms with E-state index in [1.165, 1.54) is 13.8 Å². The maximum Gasteiger partial charge on any atom is 0.406 e. The number of aliphatic hydroxyl groups is 1. The number of rotatable bonds is 6. The SMILES string of the molecule is CC(C)(CC(=O)O)NC(=O)N(CCO)CC(F)(F)F. The summed E-state index contributed by atoms with van der Waals surface area (Å²) in [6.07, 6.45) is -5.03. The minimum absolute atomic E-state index is 0.379. The first kappa shape index (κ1) is 17.5. The second-order valence-corrected chi connectivity index (χ2v) is 4.64. The third-order valence-electron chi connectivity index (χ3n) is 2.07. The highest BCUT2D eigenvalue weighted by Gasteiger charge is 2.34. The Morgan fingerprint density at radius 3 is 2.16 bits per heavy atom. The Balaban J connectivity index is 4.68. The van der Waals surface area contributed by atoms with Gasteiger partial charge in [0.05, 0.1) is 13.0 Å². The van der Waals surface area contributed by atoms with Crippen LogP contribution in [0.1, 0.15) is 20.3 Å². The number of hydrogen-bond acceptors (Lipinski definition) is 3. The second kappa shape index (κ2) is 6.60. The van der Waals surface area contributed by atoms with E-state index >= 15 is 0 Å². The first-order valence-electron chi connectivity index (χ1n) is 5.43. The minimum atomic E-state index is -4.59. The number of hydrogen-bond donors (Lipinski definition) is 3. The maximum absolute atomic E-state index is 12.2. The van der Waals surface area contributed by atoms with Gasteiger partial charge < -0.3 is 20.4 Å². The van der Waals surface area contributed by atoms with E-state index in [1.54, 1.807) is 0 Å². The molecule has 0 aromatic rings. The molecule has 6 nitrogen and oxygen atoms in total. The molecule has 0 fully saturated rings. The zero-order valence-corrected chi connectivity index (χ0v) is 10.6. The summed E-state index contributed by atoms with van der Waals surface area (Å²) >= 11 is 0. The average molecular weight is 286 g/mol. The number of carbonyl (C=O) groups is 2. The number of carbonyl (C=O) groups excluding carboxylic acids is 1. The third kappa shape index (κ3) is 8.25. The number of aliphatic hydroxyl groups excluding tert-OH is 1. The van der Waals surface area contributed by atoms with Crippen molar-refractivity contribution in [2.75, 3.05) is 19.7 Å². The van der Waals surface area contributed by atoms with Crippen molar-refractivity contribution < 1.29 is 33.0 Å². The number of carboxylic acid groups (broad SMARTS) is 1. The Morgan fingerprint density at radius 1 is 1.26 bits per heavy atom. The van der Waals surface area contributed by atoms with Crippen molar-refractivity contribution in [3.63, 3.8) is 0 Å². The van der Waals surface area contributed by atoms with Crippen LogP contribution in [0.4, 0.5) is 18.0 Å². The smallest absolute Gasteiger partial charge is 0.406 e. The molecule has 9 heteroatoms. The quantitative estimate of drug-likeness (QED) is 0.674. The van der Waals surface area contributed by atoms with E-state index in [0.717, 1.165) is 0 Å². The lowest BCUT2D eigenvalue weighted by atomic mass is 10.0. The molecule has 0 saturated carbocycles. The number of amides is 2. The zero-order chi connectivity index (χ0) is 15.3. The molecule has 0 aliphatic heterocycles. The molecule has 0 rings (SSSR count). The van der Waals surface area contributed by atoms with Gasteiger partial charge in [-0.2, -0.15) is 13.2 Å². The minimum Gasteiger partial charge on any atom is -0.481 e. The number of aliphatic carboxylic acids is 1. The monoisotopic (exact) mass is 286 g/mol. The number of urea groups is 1. The molecule has 0 aliphatic rings. The second-order valence-electron chi connectivity index (χ2n) is 4.64. The molecule has 0 spiro atoms. The molecule has 3 N–H and O–H groups in total. The Kier molecular flexibility index (Phi) is 6.07. The highest BCUT2D eigenvalue weighted by atomic mass is 19.4. The van der Waals surface area contributed by atoms with E-state index in [-0.39, 0.29) is 0 Å². The van der Waals surface area contributed by atoms with Crippen LogP contribution < -0.4 is 5.32 Å². The summed E-state index contributed by atoms with van der Waals surface area (Å²) in [5.74, 6) is -1.19. The molecule has 0 aromatic carbocycles. The van der Waals surface area contributed by atoms with Crippen LogP contribution in [-0.4, -0.2) is 58.5 Å². The predicted octanol–water partition coefficient (Wildman–Crippen LogP) is 0.806. The lowest BCUT2D eigenvalue weighted by Gasteiger charge is -2.30. The van der Waals surface area contributed by atoms with Crippen LogP contribution >= 0.6 is 0 Å². The van der Waals surface area contributed by atoms with Crippen LogP contribution in [-0.2, 0) is 4.79 Å². The number of alkyl halides is 3. The van der Waals surface area contributed by atoms with E-state index in [2.05, 4.69) is 5.32 Å². The maximum atomic E-state index is 12.2. The lowest BCUT2D eigenvalue weighted by molar-refractivity contribution is -0.142. The van der Waals surface area contributed by atoms with Crippen molar-refractivity contribution in [2.24, 2.45) is 0 Å². The molecule has 0 heterocycles. The van der Waals surface area contributed by atoms with Crippen molar-refractivity contribution >= 4 is 12.0 Å². The Hall–Kier alpha value is -1.51. The van der Waals surface area contributed by atoms with Crippen LogP contribution in [0.2, 0.25) is 0 Å². The van der Waals surface area contributed by atoms with Crippen LogP contribution in [0.5, 0.6) is 0 Å². The molecule has 0 bridgehead atoms. The van der Waals surface area contributed by atoms with E-state index in [1.807, 2.05) is 0 Å². The fourth-order valence-electron chi connectivity index (χ4n) is 1.38. The van der Waals surface area contributed by atoms with Gasteiger partial charge >= 0.3 is 18.2 Å². The molecule has 0 aliphatic carbocycles. The number of halogens is 3. The number of carboxylic acids is 1. The molecular weight excluding hydrogens is 269 g/mol. The largest absolute Gasteiger partial charge is 0.481 e. The van der Waals surface area contributed by atoms with Gasteiger partial charge in [0.25, 0.3) is 0 Å². The standard InChI is InChI=1S/C10H17F3N2O4/c1-9(2,5-7(17)18)14-8(19)15(3-4-16)6-10(11,12)13/h16H,3-6H2,1-2H3,(H,14,19)(H,17,18). The summed E-state index contributed by atoms with van der Waals surface area (Å²) in [4.78, 5) is 22.5. The van der Waals surface area contributed by atoms with Gasteiger partial charge in [-0.3, -0.25) is 4.79 Å². The summed E-state index contributed by atoms with van der Waals surface area (Å²) in [7, 11) is 0. The van der Waals surface area contributed by atoms with Crippen LogP contribution in [0.3, 0.4) is 0 Å². The van der Waals surface area contributed by atoms with Crippen molar-refractivity contribution in [1.29, 1.82) is 0 Å². The lowest BCUT2D eigenvalue weighted by Crippen LogP contribution is -2.53. The van der Waals surface area contributed by atoms with Gasteiger partial charge in [-0.05, 0) is 13.8 Å². The van der Waals surface area contributed by atoms with E-state index in [0.29, 0.717) is 4.90 Å². The molecular formula is C10H17F3N2O4. The van der Waals surface area contributed by atoms with E-state index in [4.69, 9.17) is 10.2 Å². The molecule has 0 saturated heterocycles. The number of nitrogens with one attached hydrogen (secondary N) is 1. The van der Waals surface area contributed by atoms with Gasteiger partial charge in [0.1, 0.15) is 6.54 Å². The Morgan fingerprint density at radius 2 is 1.79 bits per heavy atom. The van der Waals surface area contributed by atoms with Gasteiger partial charge in [-0.1, -0.05) is 0 Å². The highest BCUT2D eigenvalue weighted by Crippen LogP contribution is 2.17. The fraction of sp³-hybridized carbons (Fsp3) is 0.800. The third-order valence-corrected chi connectivity index (χ3v) is 2.07. The Bertz CT molecular complexity index is 331. The van der Waals surface area contributed by atoms with E-state index in [9.17, 15) is 22.8 Å². The zero-order valence-electron chi connectivity index (χ0n) is 10.6. The molecule has 0 atom stereocenters. The summed E-state index contributed by atoms with van der Waals surface area (Å²) < 4.78 is 36.7. The predicted molar refractivity (Wildman–Crippen MR) is 59.6 cm³/mol. The molecule has 112 valence electrons. The fourth-order valence-corrected chi connectivity index (χ4v) is 1.38. The first-order valence-corrected chi connectivity index (χ1v) is 5.43. The first-order chi connectivity index (χ1) is 8.47. The van der Waals surface area contributed by atoms with Crippen molar-refractivity contribution in [3.05, 3.63) is 0 Å². The van der Waals surface area contributed by atoms with Gasteiger partial charge in [0.2, 0.25) is 0 Å². The average Bonchev–Trinajstić information content (AvgIpc) is 2.11. The molecule has 2 amide bonds. The van der Waals surface area contributed by atoms with Crippen LogP contribution in [0.25, 0.3) is 0 Å². The topological polar surface area (TPSA) is 89.9 Å². The molecule has 19 heavy (non-hydrogen) atoms. The van der Waals surface area contributed by atoms with Gasteiger partial charge in [-0.15, -0.1) is 0 Å². The Labute approximate surface area is 108 Å². The van der Waals surface area contributed by atoms with Gasteiger partial charge in [0.15, 0.2) is 0 Å². The number of nitrogens with zero attached hydrogens (tertiary/aromatic N) is 1. The molecule has 0 unspecified atom stereocenters. The molecule has 0 aromatic heterocycles. The van der Waals surface area contributed by atoms with Crippen LogP contribution in [0.15, 0.2) is 0 Å². The van der Waals surface area contributed by atoms with Crippen molar-refractivity contribution in [2.45, 2.75) is 32.0 Å². The normalized spacial score (nSPS) is 12.1. The molecule has 0 radical (unpaired) electrons. The summed E-state index contributed by atoms with van der Waals surface area (Å²) in [5, 5.41) is 19.4. The van der Waals surface area contributed by atoms with Crippen molar-refractivity contribution in [3.8, 4) is 0 Å². The van der Waals surface area contributed by atoms with E-state index < -0.39 is 49.8 Å². The highest BCUT2D eigenvalue weighted by molar-refractivity contribution is 5.76. The summed E-state index contributed by atoms with van der Waals surface area (Å²) in [6, 6.07) is -1.07.